The SMILES string of the molecule is COc1ccc(OC)c(NC(=O)COC(=O)CNC(=O)c2ccc(C)c(C)c2)c1. The molecule has 2 amide bonds. The maximum Gasteiger partial charge on any atom is 0.325 e. The number of benzene rings is 2. The second kappa shape index (κ2) is 10.1. The zero-order valence-electron chi connectivity index (χ0n) is 16.8. The Hall–Kier alpha value is -3.55. The quantitative estimate of drug-likeness (QED) is 0.659. The Morgan fingerprint density at radius 2 is 1.69 bits per heavy atom. The van der Waals surface area contributed by atoms with Gasteiger partial charge in [0, 0.05) is 11.6 Å². The minimum absolute atomic E-state index is 0.346. The van der Waals surface area contributed by atoms with Crippen LogP contribution in [0.4, 0.5) is 5.69 Å². The summed E-state index contributed by atoms with van der Waals surface area (Å²) in [5.74, 6) is -0.700. The molecular weight excluding hydrogens is 376 g/mol. The first kappa shape index (κ1) is 21.7. The van der Waals surface area contributed by atoms with Crippen LogP contribution in [0, 0.1) is 13.8 Å². The first-order valence-electron chi connectivity index (χ1n) is 8.87. The van der Waals surface area contributed by atoms with E-state index in [0.717, 1.165) is 11.1 Å². The number of ether oxygens (including phenoxy) is 3. The van der Waals surface area contributed by atoms with Gasteiger partial charge in [0.15, 0.2) is 6.61 Å². The number of carbonyl (C=O) groups excluding carboxylic acids is 3. The van der Waals surface area contributed by atoms with E-state index in [4.69, 9.17) is 14.2 Å². The summed E-state index contributed by atoms with van der Waals surface area (Å²) in [5, 5.41) is 5.06. The van der Waals surface area contributed by atoms with Crippen molar-refractivity contribution < 1.29 is 28.6 Å². The molecule has 154 valence electrons. The Bertz CT molecular complexity index is 910. The number of hydrogen-bond acceptors (Lipinski definition) is 6. The number of aryl methyl sites for hydroxylation is 2. The van der Waals surface area contributed by atoms with Crippen molar-refractivity contribution in [2.24, 2.45) is 0 Å². The number of hydrogen-bond donors (Lipinski definition) is 2. The molecular formula is C21H24N2O6. The lowest BCUT2D eigenvalue weighted by molar-refractivity contribution is -0.146. The number of esters is 1. The van der Waals surface area contributed by atoms with Crippen molar-refractivity contribution in [2.45, 2.75) is 13.8 Å². The summed E-state index contributed by atoms with van der Waals surface area (Å²) in [7, 11) is 2.97. The number of rotatable bonds is 8. The van der Waals surface area contributed by atoms with Crippen molar-refractivity contribution in [1.29, 1.82) is 0 Å². The molecule has 2 N–H and O–H groups in total. The van der Waals surface area contributed by atoms with Crippen LogP contribution in [0.1, 0.15) is 21.5 Å². The van der Waals surface area contributed by atoms with E-state index in [0.29, 0.717) is 22.7 Å². The van der Waals surface area contributed by atoms with E-state index >= 15 is 0 Å². The molecule has 0 saturated heterocycles. The number of nitrogens with one attached hydrogen (secondary N) is 2. The van der Waals surface area contributed by atoms with Crippen molar-refractivity contribution in [3.05, 3.63) is 53.1 Å². The van der Waals surface area contributed by atoms with Gasteiger partial charge in [-0.15, -0.1) is 0 Å². The van der Waals surface area contributed by atoms with Gasteiger partial charge in [-0.2, -0.15) is 0 Å². The van der Waals surface area contributed by atoms with Crippen LogP contribution in [0.15, 0.2) is 36.4 Å². The van der Waals surface area contributed by atoms with E-state index in [1.807, 2.05) is 19.9 Å². The fourth-order valence-corrected chi connectivity index (χ4v) is 2.43. The van der Waals surface area contributed by atoms with Gasteiger partial charge in [0.2, 0.25) is 0 Å². The van der Waals surface area contributed by atoms with Crippen molar-refractivity contribution in [3.8, 4) is 11.5 Å². The summed E-state index contributed by atoms with van der Waals surface area (Å²) in [4.78, 5) is 36.0. The Labute approximate surface area is 169 Å². The van der Waals surface area contributed by atoms with Crippen LogP contribution in [0.5, 0.6) is 11.5 Å². The summed E-state index contributed by atoms with van der Waals surface area (Å²) in [6.45, 7) is 3.00. The molecule has 29 heavy (non-hydrogen) atoms. The highest BCUT2D eigenvalue weighted by molar-refractivity contribution is 5.97. The zero-order chi connectivity index (χ0) is 21.4. The average Bonchev–Trinajstić information content (AvgIpc) is 2.72. The number of anilines is 1. The molecule has 0 bridgehead atoms. The molecule has 0 unspecified atom stereocenters. The molecule has 0 radical (unpaired) electrons. The highest BCUT2D eigenvalue weighted by Gasteiger charge is 2.13. The standard InChI is InChI=1S/C21H24N2O6/c1-13-5-6-15(9-14(13)2)21(26)22-11-20(25)29-12-19(24)23-17-10-16(27-3)7-8-18(17)28-4/h5-10H,11-12H2,1-4H3,(H,22,26)(H,23,24). The molecule has 0 aliphatic carbocycles. The minimum atomic E-state index is -0.727. The Balaban J connectivity index is 1.82. The van der Waals surface area contributed by atoms with E-state index in [1.54, 1.807) is 30.3 Å². The third-order valence-corrected chi connectivity index (χ3v) is 4.21. The molecule has 0 atom stereocenters. The minimum Gasteiger partial charge on any atom is -0.497 e. The lowest BCUT2D eigenvalue weighted by Gasteiger charge is -2.12. The van der Waals surface area contributed by atoms with Gasteiger partial charge in [0.25, 0.3) is 11.8 Å². The molecule has 8 heteroatoms. The van der Waals surface area contributed by atoms with Crippen LogP contribution in [0.25, 0.3) is 0 Å². The van der Waals surface area contributed by atoms with Gasteiger partial charge in [-0.25, -0.2) is 0 Å². The van der Waals surface area contributed by atoms with Gasteiger partial charge in [0.05, 0.1) is 19.9 Å². The second-order valence-corrected chi connectivity index (χ2v) is 6.26. The van der Waals surface area contributed by atoms with Crippen LogP contribution in [0.3, 0.4) is 0 Å². The molecule has 0 heterocycles. The zero-order valence-corrected chi connectivity index (χ0v) is 16.8. The predicted molar refractivity (Wildman–Crippen MR) is 107 cm³/mol. The van der Waals surface area contributed by atoms with Gasteiger partial charge in [-0.05, 0) is 49.2 Å². The molecule has 2 aromatic carbocycles. The van der Waals surface area contributed by atoms with Crippen molar-refractivity contribution in [2.75, 3.05) is 32.7 Å². The molecule has 0 aliphatic rings. The normalized spacial score (nSPS) is 10.1. The molecule has 2 aromatic rings. The molecule has 0 aliphatic heterocycles. The van der Waals surface area contributed by atoms with Gasteiger partial charge in [0.1, 0.15) is 18.0 Å². The fourth-order valence-electron chi connectivity index (χ4n) is 2.43. The average molecular weight is 400 g/mol. The van der Waals surface area contributed by atoms with Gasteiger partial charge >= 0.3 is 5.97 Å². The first-order valence-corrected chi connectivity index (χ1v) is 8.87. The maximum atomic E-state index is 12.1. The van der Waals surface area contributed by atoms with Crippen LogP contribution < -0.4 is 20.1 Å². The number of methoxy groups -OCH3 is 2. The Morgan fingerprint density at radius 1 is 0.931 bits per heavy atom. The van der Waals surface area contributed by atoms with Crippen molar-refractivity contribution in [3.63, 3.8) is 0 Å². The third kappa shape index (κ3) is 6.24. The highest BCUT2D eigenvalue weighted by atomic mass is 16.5. The molecule has 0 saturated carbocycles. The van der Waals surface area contributed by atoms with E-state index < -0.39 is 24.4 Å². The first-order chi connectivity index (χ1) is 13.8. The van der Waals surface area contributed by atoms with Crippen LogP contribution >= 0.6 is 0 Å². The largest absolute Gasteiger partial charge is 0.497 e. The third-order valence-electron chi connectivity index (χ3n) is 4.21. The van der Waals surface area contributed by atoms with Crippen LogP contribution in [-0.4, -0.2) is 45.2 Å². The Morgan fingerprint density at radius 3 is 2.34 bits per heavy atom. The fraction of sp³-hybridized carbons (Fsp3) is 0.286. The smallest absolute Gasteiger partial charge is 0.325 e. The monoisotopic (exact) mass is 400 g/mol. The second-order valence-electron chi connectivity index (χ2n) is 6.26. The van der Waals surface area contributed by atoms with E-state index in [-0.39, 0.29) is 6.54 Å². The number of carbonyl (C=O) groups is 3. The van der Waals surface area contributed by atoms with E-state index in [2.05, 4.69) is 10.6 Å². The molecule has 0 aromatic heterocycles. The topological polar surface area (TPSA) is 103 Å². The van der Waals surface area contributed by atoms with E-state index in [1.165, 1.54) is 14.2 Å². The Kier molecular flexibility index (Phi) is 7.59. The van der Waals surface area contributed by atoms with Crippen molar-refractivity contribution in [1.82, 2.24) is 5.32 Å². The highest BCUT2D eigenvalue weighted by Crippen LogP contribution is 2.28. The summed E-state index contributed by atoms with van der Waals surface area (Å²) >= 11 is 0. The van der Waals surface area contributed by atoms with Gasteiger partial charge in [-0.3, -0.25) is 14.4 Å². The van der Waals surface area contributed by atoms with Crippen LogP contribution in [0.2, 0.25) is 0 Å². The molecule has 0 fully saturated rings. The molecule has 0 spiro atoms. The van der Waals surface area contributed by atoms with E-state index in [9.17, 15) is 14.4 Å². The predicted octanol–water partition coefficient (Wildman–Crippen LogP) is 2.23. The molecule has 8 nitrogen and oxygen atoms in total. The van der Waals surface area contributed by atoms with Crippen LogP contribution in [-0.2, 0) is 14.3 Å². The van der Waals surface area contributed by atoms with Crippen molar-refractivity contribution >= 4 is 23.5 Å². The summed E-state index contributed by atoms with van der Waals surface area (Å²) in [5.41, 5.74) is 2.88. The summed E-state index contributed by atoms with van der Waals surface area (Å²) in [6, 6.07) is 10.2. The van der Waals surface area contributed by atoms with Gasteiger partial charge < -0.3 is 24.8 Å². The maximum absolute atomic E-state index is 12.1. The molecule has 2 rings (SSSR count). The summed E-state index contributed by atoms with van der Waals surface area (Å²) in [6.07, 6.45) is 0. The lowest BCUT2D eigenvalue weighted by Crippen LogP contribution is -2.32. The lowest BCUT2D eigenvalue weighted by atomic mass is 10.1. The number of amides is 2. The summed E-state index contributed by atoms with van der Waals surface area (Å²) < 4.78 is 15.2. The van der Waals surface area contributed by atoms with Gasteiger partial charge in [-0.1, -0.05) is 6.07 Å².